The zero-order valence-corrected chi connectivity index (χ0v) is 12.2. The molecule has 0 saturated carbocycles. The van der Waals surface area contributed by atoms with E-state index in [0.717, 1.165) is 6.42 Å². The van der Waals surface area contributed by atoms with Crippen LogP contribution in [-0.2, 0) is 9.59 Å². The first kappa shape index (κ1) is 16.3. The third kappa shape index (κ3) is 4.11. The van der Waals surface area contributed by atoms with Gasteiger partial charge in [-0.15, -0.1) is 0 Å². The SMILES string of the molecule is CCCNC(=O)C(C)NC(=O)N1CC(C)C(C(=O)O)C1. The number of aliphatic carboxylic acids is 1. The smallest absolute Gasteiger partial charge is 0.318 e. The van der Waals surface area contributed by atoms with Crippen LogP contribution in [0.2, 0.25) is 0 Å². The second-order valence-corrected chi connectivity index (χ2v) is 5.29. The van der Waals surface area contributed by atoms with E-state index < -0.39 is 17.9 Å². The number of carboxylic acids is 1. The molecule has 0 radical (unpaired) electrons. The molecule has 1 heterocycles. The molecular weight excluding hydrogens is 262 g/mol. The van der Waals surface area contributed by atoms with Crippen LogP contribution in [0.3, 0.4) is 0 Å². The van der Waals surface area contributed by atoms with Gasteiger partial charge in [0.1, 0.15) is 6.04 Å². The first-order valence-electron chi connectivity index (χ1n) is 6.92. The Morgan fingerprint density at radius 2 is 2.00 bits per heavy atom. The number of amides is 3. The number of carbonyl (C=O) groups is 3. The number of rotatable bonds is 5. The van der Waals surface area contributed by atoms with Crippen LogP contribution in [0, 0.1) is 11.8 Å². The van der Waals surface area contributed by atoms with Crippen LogP contribution in [0.5, 0.6) is 0 Å². The standard InChI is InChI=1S/C13H23N3O4/c1-4-5-14-11(17)9(3)15-13(20)16-6-8(2)10(7-16)12(18)19/h8-10H,4-7H2,1-3H3,(H,14,17)(H,15,20)(H,18,19). The lowest BCUT2D eigenvalue weighted by Crippen LogP contribution is -2.49. The summed E-state index contributed by atoms with van der Waals surface area (Å²) in [6.07, 6.45) is 0.830. The average Bonchev–Trinajstić information content (AvgIpc) is 2.78. The predicted octanol–water partition coefficient (Wildman–Crippen LogP) is 0.263. The second-order valence-electron chi connectivity index (χ2n) is 5.29. The minimum absolute atomic E-state index is 0.0810. The molecule has 1 aliphatic heterocycles. The van der Waals surface area contributed by atoms with Crippen LogP contribution in [0.25, 0.3) is 0 Å². The van der Waals surface area contributed by atoms with E-state index >= 15 is 0 Å². The van der Waals surface area contributed by atoms with Gasteiger partial charge < -0.3 is 20.6 Å². The molecule has 0 aliphatic carbocycles. The van der Waals surface area contributed by atoms with Crippen LogP contribution in [-0.4, -0.2) is 53.6 Å². The number of urea groups is 1. The highest BCUT2D eigenvalue weighted by Crippen LogP contribution is 2.22. The lowest BCUT2D eigenvalue weighted by Gasteiger charge is -2.20. The molecule has 1 rings (SSSR count). The van der Waals surface area contributed by atoms with Gasteiger partial charge in [0.2, 0.25) is 5.91 Å². The summed E-state index contributed by atoms with van der Waals surface area (Å²) in [6.45, 7) is 6.51. The molecular formula is C13H23N3O4. The van der Waals surface area contributed by atoms with Crippen LogP contribution in [0.1, 0.15) is 27.2 Å². The molecule has 3 N–H and O–H groups in total. The summed E-state index contributed by atoms with van der Waals surface area (Å²) in [4.78, 5) is 36.1. The van der Waals surface area contributed by atoms with Gasteiger partial charge >= 0.3 is 12.0 Å². The molecule has 20 heavy (non-hydrogen) atoms. The first-order chi connectivity index (χ1) is 9.36. The molecule has 0 bridgehead atoms. The third-order valence-corrected chi connectivity index (χ3v) is 3.50. The van der Waals surface area contributed by atoms with Crippen LogP contribution in [0.15, 0.2) is 0 Å². The monoisotopic (exact) mass is 285 g/mol. The topological polar surface area (TPSA) is 98.7 Å². The van der Waals surface area contributed by atoms with Crippen molar-refractivity contribution in [2.24, 2.45) is 11.8 Å². The van der Waals surface area contributed by atoms with Crippen molar-refractivity contribution >= 4 is 17.9 Å². The van der Waals surface area contributed by atoms with Gasteiger partial charge in [-0.2, -0.15) is 0 Å². The molecule has 0 aromatic carbocycles. The quantitative estimate of drug-likeness (QED) is 0.675. The maximum atomic E-state index is 12.0. The van der Waals surface area contributed by atoms with Gasteiger partial charge in [-0.1, -0.05) is 13.8 Å². The molecule has 3 amide bonds. The van der Waals surface area contributed by atoms with E-state index in [4.69, 9.17) is 5.11 Å². The van der Waals surface area contributed by atoms with E-state index in [2.05, 4.69) is 10.6 Å². The molecule has 1 fully saturated rings. The summed E-state index contributed by atoms with van der Waals surface area (Å²) in [5, 5.41) is 14.3. The lowest BCUT2D eigenvalue weighted by molar-refractivity contribution is -0.142. The molecule has 1 aliphatic rings. The lowest BCUT2D eigenvalue weighted by atomic mass is 9.99. The Balaban J connectivity index is 2.47. The van der Waals surface area contributed by atoms with E-state index in [1.807, 2.05) is 13.8 Å². The van der Waals surface area contributed by atoms with Gasteiger partial charge in [0.05, 0.1) is 5.92 Å². The molecule has 0 spiro atoms. The van der Waals surface area contributed by atoms with Crippen molar-refractivity contribution in [1.82, 2.24) is 15.5 Å². The molecule has 0 aromatic rings. The first-order valence-corrected chi connectivity index (χ1v) is 6.92. The summed E-state index contributed by atoms with van der Waals surface area (Å²) < 4.78 is 0. The number of likely N-dealkylation sites (tertiary alicyclic amines) is 1. The zero-order chi connectivity index (χ0) is 15.3. The van der Waals surface area contributed by atoms with Crippen LogP contribution >= 0.6 is 0 Å². The van der Waals surface area contributed by atoms with Crippen molar-refractivity contribution in [1.29, 1.82) is 0 Å². The van der Waals surface area contributed by atoms with Crippen molar-refractivity contribution in [3.05, 3.63) is 0 Å². The van der Waals surface area contributed by atoms with Gasteiger partial charge in [0.15, 0.2) is 0 Å². The maximum absolute atomic E-state index is 12.0. The second kappa shape index (κ2) is 7.12. The van der Waals surface area contributed by atoms with E-state index in [0.29, 0.717) is 13.1 Å². The van der Waals surface area contributed by atoms with Gasteiger partial charge in [-0.25, -0.2) is 4.79 Å². The molecule has 7 heteroatoms. The molecule has 3 unspecified atom stereocenters. The van der Waals surface area contributed by atoms with E-state index in [1.165, 1.54) is 4.90 Å². The van der Waals surface area contributed by atoms with Crippen molar-refractivity contribution in [3.63, 3.8) is 0 Å². The molecule has 1 saturated heterocycles. The number of nitrogens with zero attached hydrogens (tertiary/aromatic N) is 1. The minimum atomic E-state index is -0.887. The van der Waals surface area contributed by atoms with E-state index in [1.54, 1.807) is 6.92 Å². The van der Waals surface area contributed by atoms with Gasteiger partial charge in [-0.05, 0) is 19.3 Å². The number of carboxylic acid groups (broad SMARTS) is 1. The van der Waals surface area contributed by atoms with E-state index in [9.17, 15) is 14.4 Å². The average molecular weight is 285 g/mol. The van der Waals surface area contributed by atoms with Gasteiger partial charge in [0, 0.05) is 19.6 Å². The summed E-state index contributed by atoms with van der Waals surface area (Å²) in [5.74, 6) is -1.74. The normalized spacial score (nSPS) is 23.2. The summed E-state index contributed by atoms with van der Waals surface area (Å²) in [5.41, 5.74) is 0. The Morgan fingerprint density at radius 3 is 2.50 bits per heavy atom. The number of hydrogen-bond acceptors (Lipinski definition) is 3. The third-order valence-electron chi connectivity index (χ3n) is 3.50. The number of nitrogens with one attached hydrogen (secondary N) is 2. The zero-order valence-electron chi connectivity index (χ0n) is 12.2. The maximum Gasteiger partial charge on any atom is 0.318 e. The Morgan fingerprint density at radius 1 is 1.35 bits per heavy atom. The summed E-state index contributed by atoms with van der Waals surface area (Å²) in [7, 11) is 0. The van der Waals surface area contributed by atoms with Gasteiger partial charge in [0.25, 0.3) is 0 Å². The Labute approximate surface area is 118 Å². The fraction of sp³-hybridized carbons (Fsp3) is 0.769. The highest BCUT2D eigenvalue weighted by Gasteiger charge is 2.37. The number of carbonyl (C=O) groups excluding carboxylic acids is 2. The fourth-order valence-corrected chi connectivity index (χ4v) is 2.20. The van der Waals surface area contributed by atoms with Gasteiger partial charge in [-0.3, -0.25) is 9.59 Å². The summed E-state index contributed by atoms with van der Waals surface area (Å²) in [6, 6.07) is -1.02. The fourth-order valence-electron chi connectivity index (χ4n) is 2.20. The molecule has 7 nitrogen and oxygen atoms in total. The Hall–Kier alpha value is -1.79. The predicted molar refractivity (Wildman–Crippen MR) is 73.2 cm³/mol. The number of hydrogen-bond donors (Lipinski definition) is 3. The van der Waals surface area contributed by atoms with E-state index in [-0.39, 0.29) is 24.4 Å². The van der Waals surface area contributed by atoms with Crippen LogP contribution in [0.4, 0.5) is 4.79 Å². The largest absolute Gasteiger partial charge is 0.481 e. The minimum Gasteiger partial charge on any atom is -0.481 e. The Kier molecular flexibility index (Phi) is 5.79. The molecule has 114 valence electrons. The van der Waals surface area contributed by atoms with Crippen molar-refractivity contribution < 1.29 is 19.5 Å². The van der Waals surface area contributed by atoms with Crippen molar-refractivity contribution in [3.8, 4) is 0 Å². The highest BCUT2D eigenvalue weighted by molar-refractivity contribution is 5.87. The Bertz CT molecular complexity index is 386. The highest BCUT2D eigenvalue weighted by atomic mass is 16.4. The van der Waals surface area contributed by atoms with Crippen LogP contribution < -0.4 is 10.6 Å². The van der Waals surface area contributed by atoms with Crippen molar-refractivity contribution in [2.75, 3.05) is 19.6 Å². The molecule has 3 atom stereocenters. The molecule has 0 aromatic heterocycles. The summed E-state index contributed by atoms with van der Waals surface area (Å²) >= 11 is 0. The van der Waals surface area contributed by atoms with Crippen molar-refractivity contribution in [2.45, 2.75) is 33.2 Å².